The first-order valence-corrected chi connectivity index (χ1v) is 12.1. The molecule has 39 heavy (non-hydrogen) atoms. The molecule has 200 valence electrons. The van der Waals surface area contributed by atoms with E-state index in [0.717, 1.165) is 29.7 Å². The van der Waals surface area contributed by atoms with Gasteiger partial charge in [-0.3, -0.25) is 15.3 Å². The molecular formula is C26H27N9O4. The van der Waals surface area contributed by atoms with Crippen molar-refractivity contribution < 1.29 is 19.1 Å². The Morgan fingerprint density at radius 1 is 1.26 bits per heavy atom. The average molecular weight is 530 g/mol. The number of nitrogens with zero attached hydrogens (tertiary/aromatic N) is 7. The zero-order valence-corrected chi connectivity index (χ0v) is 21.5. The highest BCUT2D eigenvalue weighted by Gasteiger charge is 2.20. The fourth-order valence-corrected chi connectivity index (χ4v) is 3.63. The van der Waals surface area contributed by atoms with E-state index in [0.29, 0.717) is 30.3 Å². The molecule has 0 saturated heterocycles. The van der Waals surface area contributed by atoms with Crippen LogP contribution in [-0.2, 0) is 9.63 Å². The Hall–Kier alpha value is -5.25. The number of nitrogens with one attached hydrogen (secondary N) is 2. The molecule has 0 fully saturated rings. The molecule has 1 aromatic heterocycles. The summed E-state index contributed by atoms with van der Waals surface area (Å²) < 4.78 is 11.0. The van der Waals surface area contributed by atoms with E-state index in [1.54, 1.807) is 31.4 Å². The molecule has 0 saturated carbocycles. The van der Waals surface area contributed by atoms with Gasteiger partial charge in [0.1, 0.15) is 12.4 Å². The normalized spacial score (nSPS) is 13.5. The van der Waals surface area contributed by atoms with Gasteiger partial charge >= 0.3 is 0 Å². The number of hydrogen-bond donors (Lipinski definition) is 2. The number of methoxy groups -OCH3 is 1. The molecule has 0 spiro atoms. The van der Waals surface area contributed by atoms with Crippen molar-refractivity contribution in [3.63, 3.8) is 0 Å². The second-order valence-electron chi connectivity index (χ2n) is 8.11. The van der Waals surface area contributed by atoms with Crippen LogP contribution in [0.2, 0.25) is 0 Å². The van der Waals surface area contributed by atoms with Crippen molar-refractivity contribution in [1.82, 2.24) is 20.2 Å². The van der Waals surface area contributed by atoms with E-state index in [2.05, 4.69) is 36.0 Å². The number of nitriles is 1. The third-order valence-electron chi connectivity index (χ3n) is 5.53. The summed E-state index contributed by atoms with van der Waals surface area (Å²) in [7, 11) is 1.59. The number of amides is 1. The van der Waals surface area contributed by atoms with Gasteiger partial charge in [0, 0.05) is 12.1 Å². The maximum Gasteiger partial charge on any atom is 0.283 e. The Morgan fingerprint density at radius 2 is 2.10 bits per heavy atom. The van der Waals surface area contributed by atoms with Crippen molar-refractivity contribution in [2.75, 3.05) is 32.3 Å². The Bertz CT molecular complexity index is 1390. The number of benzene rings is 2. The van der Waals surface area contributed by atoms with Gasteiger partial charge in [0.05, 0.1) is 31.3 Å². The van der Waals surface area contributed by atoms with Gasteiger partial charge in [-0.25, -0.2) is 9.99 Å². The Morgan fingerprint density at radius 3 is 2.82 bits per heavy atom. The van der Waals surface area contributed by atoms with Gasteiger partial charge in [-0.15, -0.1) is 0 Å². The van der Waals surface area contributed by atoms with Gasteiger partial charge in [0.25, 0.3) is 5.91 Å². The number of oxime groups is 1. The molecule has 13 heteroatoms. The lowest BCUT2D eigenvalue weighted by Crippen LogP contribution is -2.34. The maximum absolute atomic E-state index is 12.7. The second-order valence-corrected chi connectivity index (χ2v) is 8.11. The van der Waals surface area contributed by atoms with Gasteiger partial charge < -0.3 is 14.3 Å². The van der Waals surface area contributed by atoms with Crippen LogP contribution in [0.4, 0.5) is 5.69 Å². The summed E-state index contributed by atoms with van der Waals surface area (Å²) in [6.45, 7) is 2.68. The van der Waals surface area contributed by atoms with Crippen LogP contribution in [0.3, 0.4) is 0 Å². The fraction of sp³-hybridized carbons (Fsp3) is 0.269. The minimum Gasteiger partial charge on any atom is -0.493 e. The lowest BCUT2D eigenvalue weighted by atomic mass is 10.0. The van der Waals surface area contributed by atoms with Crippen LogP contribution in [0.25, 0.3) is 0 Å². The Kier molecular flexibility index (Phi) is 9.17. The first-order valence-electron chi connectivity index (χ1n) is 12.1. The zero-order valence-electron chi connectivity index (χ0n) is 21.5. The fourth-order valence-electron chi connectivity index (χ4n) is 3.63. The van der Waals surface area contributed by atoms with Crippen molar-refractivity contribution in [3.8, 4) is 17.6 Å². The van der Waals surface area contributed by atoms with Gasteiger partial charge in [0.2, 0.25) is 5.71 Å². The smallest absolute Gasteiger partial charge is 0.283 e. The van der Waals surface area contributed by atoms with Gasteiger partial charge in [0.15, 0.2) is 23.9 Å². The minimum absolute atomic E-state index is 0.0700. The van der Waals surface area contributed by atoms with E-state index in [1.165, 1.54) is 17.6 Å². The minimum atomic E-state index is -0.291. The van der Waals surface area contributed by atoms with Crippen LogP contribution in [0, 0.1) is 11.3 Å². The molecule has 4 rings (SSSR count). The predicted molar refractivity (Wildman–Crippen MR) is 144 cm³/mol. The topological polar surface area (TPSA) is 162 Å². The first kappa shape index (κ1) is 26.8. The quantitative estimate of drug-likeness (QED) is 0.283. The first-order chi connectivity index (χ1) is 19.1. The van der Waals surface area contributed by atoms with Crippen LogP contribution in [0.15, 0.2) is 64.2 Å². The van der Waals surface area contributed by atoms with Crippen LogP contribution < -0.4 is 14.9 Å². The van der Waals surface area contributed by atoms with Crippen LogP contribution >= 0.6 is 0 Å². The third kappa shape index (κ3) is 7.16. The predicted octanol–water partition coefficient (Wildman–Crippen LogP) is 2.93. The van der Waals surface area contributed by atoms with Crippen LogP contribution in [0.1, 0.15) is 36.7 Å². The summed E-state index contributed by atoms with van der Waals surface area (Å²) >= 11 is 0. The number of ether oxygens (including phenoxy) is 2. The Balaban J connectivity index is 1.30. The number of carbonyl (C=O) groups is 1. The highest BCUT2D eigenvalue weighted by atomic mass is 16.6. The van der Waals surface area contributed by atoms with Crippen molar-refractivity contribution in [3.05, 3.63) is 65.7 Å². The molecule has 13 nitrogen and oxygen atoms in total. The molecule has 1 aliphatic rings. The molecule has 0 atom stereocenters. The molecule has 2 heterocycles. The van der Waals surface area contributed by atoms with E-state index >= 15 is 0 Å². The van der Waals surface area contributed by atoms with Crippen molar-refractivity contribution in [1.29, 1.82) is 5.26 Å². The van der Waals surface area contributed by atoms with E-state index < -0.39 is 0 Å². The lowest BCUT2D eigenvalue weighted by molar-refractivity contribution is -0.136. The molecule has 2 N–H and O–H groups in total. The lowest BCUT2D eigenvalue weighted by Gasteiger charge is -2.23. The number of aromatic amines is 1. The van der Waals surface area contributed by atoms with Gasteiger partial charge in [-0.1, -0.05) is 17.3 Å². The number of hydrazone groups is 2. The summed E-state index contributed by atoms with van der Waals surface area (Å²) in [4.78, 5) is 21.8. The molecule has 2 aromatic carbocycles. The monoisotopic (exact) mass is 529 g/mol. The Labute approximate surface area is 224 Å². The number of rotatable bonds is 11. The molecule has 0 unspecified atom stereocenters. The van der Waals surface area contributed by atoms with E-state index in [9.17, 15) is 10.1 Å². The van der Waals surface area contributed by atoms with Crippen molar-refractivity contribution in [2.45, 2.75) is 19.8 Å². The number of aromatic nitrogens is 3. The van der Waals surface area contributed by atoms with E-state index in [1.807, 2.05) is 31.2 Å². The van der Waals surface area contributed by atoms with Crippen LogP contribution in [0.5, 0.6) is 11.5 Å². The summed E-state index contributed by atoms with van der Waals surface area (Å²) in [6, 6.07) is 14.6. The largest absolute Gasteiger partial charge is 0.493 e. The van der Waals surface area contributed by atoms with Gasteiger partial charge in [-0.2, -0.15) is 20.6 Å². The summed E-state index contributed by atoms with van der Waals surface area (Å²) in [5, 5.41) is 29.3. The third-order valence-corrected chi connectivity index (χ3v) is 5.53. The summed E-state index contributed by atoms with van der Waals surface area (Å²) in [6.07, 6.45) is 4.31. The van der Waals surface area contributed by atoms with E-state index in [-0.39, 0.29) is 24.1 Å². The van der Waals surface area contributed by atoms with Crippen molar-refractivity contribution >= 4 is 29.2 Å². The highest BCUT2D eigenvalue weighted by Crippen LogP contribution is 2.29. The number of carbonyl (C=O) groups excluding carboxylic acids is 1. The summed E-state index contributed by atoms with van der Waals surface area (Å²) in [5.74, 6) is 1.26. The molecule has 0 radical (unpaired) electrons. The zero-order chi connectivity index (χ0) is 27.5. The standard InChI is InChI=1S/C26H27N9O4/c1-3-38-24-13-19(8-11-23(24)37-2)21-5-4-12-35(34-21)25(36)16-39-30-15-18-6-9-20(10-7-18)31-32-22(14-27)26-28-17-29-33-26/h6-11,13,15,17,31H,3-5,12,16H2,1-2H3,(H,28,29,33)/b30-15+,32-22-. The maximum atomic E-state index is 12.7. The SMILES string of the molecule is CCOc1cc(C2=NN(C(=O)CO/N=C/c3ccc(N/N=C(/C#N)c4ncn[nH]4)cc3)CCC2)ccc1OC. The van der Waals surface area contributed by atoms with Gasteiger partial charge in [-0.05, 0) is 55.7 Å². The second kappa shape index (κ2) is 13.3. The highest BCUT2D eigenvalue weighted by molar-refractivity contribution is 6.09. The molecule has 1 aliphatic heterocycles. The summed E-state index contributed by atoms with van der Waals surface area (Å²) in [5.41, 5.74) is 5.92. The molecule has 0 aliphatic carbocycles. The molecule has 0 bridgehead atoms. The van der Waals surface area contributed by atoms with Crippen LogP contribution in [-0.4, -0.2) is 70.6 Å². The number of H-pyrrole nitrogens is 1. The molecule has 3 aromatic rings. The number of hydrogen-bond acceptors (Lipinski definition) is 11. The van der Waals surface area contributed by atoms with Crippen molar-refractivity contribution in [2.24, 2.45) is 15.4 Å². The van der Waals surface area contributed by atoms with E-state index in [4.69, 9.17) is 14.3 Å². The molecule has 1 amide bonds. The average Bonchev–Trinajstić information content (AvgIpc) is 3.51. The molecular weight excluding hydrogens is 502 g/mol. The number of anilines is 1.